The zero-order valence-electron chi connectivity index (χ0n) is 9.67. The van der Waals surface area contributed by atoms with Crippen LogP contribution in [0.5, 0.6) is 0 Å². The fourth-order valence-corrected chi connectivity index (χ4v) is 3.02. The Morgan fingerprint density at radius 3 is 3.00 bits per heavy atom. The van der Waals surface area contributed by atoms with Gasteiger partial charge in [-0.1, -0.05) is 6.07 Å². The van der Waals surface area contributed by atoms with Crippen molar-refractivity contribution in [3.63, 3.8) is 0 Å². The molecule has 1 saturated heterocycles. The van der Waals surface area contributed by atoms with Gasteiger partial charge in [-0.05, 0) is 18.2 Å². The second-order valence-corrected chi connectivity index (χ2v) is 5.28. The molecule has 1 aromatic heterocycles. The van der Waals surface area contributed by atoms with Crippen molar-refractivity contribution >= 4 is 34.3 Å². The Balaban J connectivity index is 2.02. The van der Waals surface area contributed by atoms with Crippen LogP contribution >= 0.6 is 11.8 Å². The monoisotopic (exact) mass is 260 g/mol. The standard InChI is InChI=1S/C13H12N2O2S/c16-13(17)10-5-9-1-2-11(6-12(9)14-7-10)15-3-4-18-8-15/h1-2,5-7H,3-4,8H2,(H,16,17). The lowest BCUT2D eigenvalue weighted by molar-refractivity contribution is 0.0696. The number of hydrogen-bond acceptors (Lipinski definition) is 4. The van der Waals surface area contributed by atoms with E-state index in [4.69, 9.17) is 5.11 Å². The lowest BCUT2D eigenvalue weighted by Gasteiger charge is -2.16. The molecule has 1 aliphatic rings. The highest BCUT2D eigenvalue weighted by Gasteiger charge is 2.13. The van der Waals surface area contributed by atoms with Gasteiger partial charge in [-0.25, -0.2) is 4.79 Å². The van der Waals surface area contributed by atoms with E-state index in [2.05, 4.69) is 9.88 Å². The van der Waals surface area contributed by atoms with Crippen LogP contribution in [0, 0.1) is 0 Å². The molecule has 0 radical (unpaired) electrons. The maximum Gasteiger partial charge on any atom is 0.337 e. The largest absolute Gasteiger partial charge is 0.478 e. The number of aromatic nitrogens is 1. The summed E-state index contributed by atoms with van der Waals surface area (Å²) >= 11 is 1.92. The Morgan fingerprint density at radius 2 is 2.28 bits per heavy atom. The molecule has 2 aromatic rings. The number of anilines is 1. The predicted octanol–water partition coefficient (Wildman–Crippen LogP) is 2.44. The van der Waals surface area contributed by atoms with Gasteiger partial charge < -0.3 is 10.0 Å². The van der Waals surface area contributed by atoms with Crippen molar-refractivity contribution in [1.82, 2.24) is 4.98 Å². The third kappa shape index (κ3) is 2.01. The molecule has 0 saturated carbocycles. The molecule has 0 aliphatic carbocycles. The quantitative estimate of drug-likeness (QED) is 0.898. The van der Waals surface area contributed by atoms with Crippen LogP contribution in [0.2, 0.25) is 0 Å². The molecule has 0 atom stereocenters. The van der Waals surface area contributed by atoms with E-state index in [1.165, 1.54) is 6.20 Å². The summed E-state index contributed by atoms with van der Waals surface area (Å²) in [4.78, 5) is 17.4. The molecule has 5 heteroatoms. The van der Waals surface area contributed by atoms with Crippen LogP contribution in [0.25, 0.3) is 10.9 Å². The van der Waals surface area contributed by atoms with Gasteiger partial charge >= 0.3 is 5.97 Å². The van der Waals surface area contributed by atoms with Crippen molar-refractivity contribution in [3.8, 4) is 0 Å². The Kier molecular flexibility index (Phi) is 2.83. The summed E-state index contributed by atoms with van der Waals surface area (Å²) in [5, 5.41) is 9.79. The number of carbonyl (C=O) groups is 1. The molecule has 0 spiro atoms. The summed E-state index contributed by atoms with van der Waals surface area (Å²) in [6.07, 6.45) is 1.41. The summed E-state index contributed by atoms with van der Waals surface area (Å²) in [7, 11) is 0. The minimum Gasteiger partial charge on any atom is -0.478 e. The van der Waals surface area contributed by atoms with Crippen molar-refractivity contribution in [2.75, 3.05) is 23.1 Å². The predicted molar refractivity (Wildman–Crippen MR) is 73.4 cm³/mol. The van der Waals surface area contributed by atoms with Crippen LogP contribution in [-0.2, 0) is 0 Å². The molecule has 1 aromatic carbocycles. The average Bonchev–Trinajstić information content (AvgIpc) is 2.91. The van der Waals surface area contributed by atoms with Crippen molar-refractivity contribution < 1.29 is 9.90 Å². The topological polar surface area (TPSA) is 53.4 Å². The van der Waals surface area contributed by atoms with E-state index < -0.39 is 5.97 Å². The fraction of sp³-hybridized carbons (Fsp3) is 0.231. The number of fused-ring (bicyclic) bond motifs is 1. The first-order chi connectivity index (χ1) is 8.74. The second kappa shape index (κ2) is 4.49. The van der Waals surface area contributed by atoms with Crippen LogP contribution < -0.4 is 4.90 Å². The van der Waals surface area contributed by atoms with Gasteiger partial charge in [-0.2, -0.15) is 0 Å². The number of aromatic carboxylic acids is 1. The molecule has 4 nitrogen and oxygen atoms in total. The Morgan fingerprint density at radius 1 is 1.39 bits per heavy atom. The average molecular weight is 260 g/mol. The smallest absolute Gasteiger partial charge is 0.337 e. The number of carboxylic acids is 1. The third-order valence-corrected chi connectivity index (χ3v) is 4.00. The number of nitrogens with zero attached hydrogens (tertiary/aromatic N) is 2. The minimum atomic E-state index is -0.940. The van der Waals surface area contributed by atoms with Crippen molar-refractivity contribution in [2.45, 2.75) is 0 Å². The first-order valence-electron chi connectivity index (χ1n) is 5.70. The molecule has 0 bridgehead atoms. The summed E-state index contributed by atoms with van der Waals surface area (Å²) in [5.74, 6) is 1.23. The second-order valence-electron chi connectivity index (χ2n) is 4.21. The van der Waals surface area contributed by atoms with Gasteiger partial charge in [0.2, 0.25) is 0 Å². The first kappa shape index (κ1) is 11.3. The van der Waals surface area contributed by atoms with Crippen LogP contribution in [0.1, 0.15) is 10.4 Å². The van der Waals surface area contributed by atoms with Gasteiger partial charge in [0.1, 0.15) is 0 Å². The molecule has 18 heavy (non-hydrogen) atoms. The molecule has 1 fully saturated rings. The lowest BCUT2D eigenvalue weighted by Crippen LogP contribution is -2.17. The number of carboxylic acid groups (broad SMARTS) is 1. The van der Waals surface area contributed by atoms with Crippen LogP contribution in [-0.4, -0.2) is 34.2 Å². The zero-order chi connectivity index (χ0) is 12.5. The Bertz CT molecular complexity index is 609. The highest BCUT2D eigenvalue weighted by molar-refractivity contribution is 7.99. The maximum absolute atomic E-state index is 10.9. The molecule has 3 rings (SSSR count). The fourth-order valence-electron chi connectivity index (χ4n) is 2.04. The highest BCUT2D eigenvalue weighted by Crippen LogP contribution is 2.26. The Hall–Kier alpha value is -1.75. The molecular weight excluding hydrogens is 248 g/mol. The van der Waals surface area contributed by atoms with Crippen LogP contribution in [0.15, 0.2) is 30.5 Å². The van der Waals surface area contributed by atoms with Gasteiger partial charge in [0, 0.05) is 29.6 Å². The van der Waals surface area contributed by atoms with Crippen molar-refractivity contribution in [1.29, 1.82) is 0 Å². The number of hydrogen-bond donors (Lipinski definition) is 1. The normalized spacial score (nSPS) is 15.2. The third-order valence-electron chi connectivity index (χ3n) is 3.03. The lowest BCUT2D eigenvalue weighted by atomic mass is 10.1. The Labute approximate surface area is 109 Å². The molecule has 1 N–H and O–H groups in total. The maximum atomic E-state index is 10.9. The minimum absolute atomic E-state index is 0.229. The summed E-state index contributed by atoms with van der Waals surface area (Å²) in [5.41, 5.74) is 2.23. The number of pyridine rings is 1. The summed E-state index contributed by atoms with van der Waals surface area (Å²) < 4.78 is 0. The molecule has 0 unspecified atom stereocenters. The number of rotatable bonds is 2. The number of thioether (sulfide) groups is 1. The highest BCUT2D eigenvalue weighted by atomic mass is 32.2. The molecule has 1 aliphatic heterocycles. The first-order valence-corrected chi connectivity index (χ1v) is 6.85. The van der Waals surface area contributed by atoms with Gasteiger partial charge in [0.05, 0.1) is 17.0 Å². The van der Waals surface area contributed by atoms with Gasteiger partial charge in [0.15, 0.2) is 0 Å². The molecule has 2 heterocycles. The van der Waals surface area contributed by atoms with E-state index in [0.717, 1.165) is 34.8 Å². The van der Waals surface area contributed by atoms with E-state index in [1.54, 1.807) is 6.07 Å². The molecular formula is C13H12N2O2S. The summed E-state index contributed by atoms with van der Waals surface area (Å²) in [6.45, 7) is 1.06. The SMILES string of the molecule is O=C(O)c1cnc2cc(N3CCSC3)ccc2c1. The van der Waals surface area contributed by atoms with Gasteiger partial charge in [0.25, 0.3) is 0 Å². The van der Waals surface area contributed by atoms with E-state index in [-0.39, 0.29) is 5.56 Å². The van der Waals surface area contributed by atoms with Crippen LogP contribution in [0.3, 0.4) is 0 Å². The molecule has 0 amide bonds. The summed E-state index contributed by atoms with van der Waals surface area (Å²) in [6, 6.07) is 7.65. The van der Waals surface area contributed by atoms with E-state index >= 15 is 0 Å². The van der Waals surface area contributed by atoms with E-state index in [9.17, 15) is 4.79 Å². The van der Waals surface area contributed by atoms with E-state index in [0.29, 0.717) is 0 Å². The number of benzene rings is 1. The van der Waals surface area contributed by atoms with Gasteiger partial charge in [-0.3, -0.25) is 4.98 Å². The van der Waals surface area contributed by atoms with Crippen molar-refractivity contribution in [2.24, 2.45) is 0 Å². The zero-order valence-corrected chi connectivity index (χ0v) is 10.5. The molecule has 92 valence electrons. The van der Waals surface area contributed by atoms with Gasteiger partial charge in [-0.15, -0.1) is 11.8 Å². The van der Waals surface area contributed by atoms with E-state index in [1.807, 2.05) is 30.0 Å². The van der Waals surface area contributed by atoms with Crippen LogP contribution in [0.4, 0.5) is 5.69 Å². The van der Waals surface area contributed by atoms with Crippen molar-refractivity contribution in [3.05, 3.63) is 36.0 Å².